The van der Waals surface area contributed by atoms with E-state index in [-0.39, 0.29) is 24.0 Å². The van der Waals surface area contributed by atoms with Crippen LogP contribution in [0.5, 0.6) is 11.5 Å². The van der Waals surface area contributed by atoms with Crippen molar-refractivity contribution in [3.05, 3.63) is 56.2 Å². The Labute approximate surface area is 189 Å². The third-order valence-electron chi connectivity index (χ3n) is 5.98. The van der Waals surface area contributed by atoms with Crippen molar-refractivity contribution in [3.8, 4) is 22.8 Å². The standard InChI is InChI=1S/C23H23Cl2NO5/c1-26-7-6-14(16(26)11-27)21-19(29-2)10-20(30-3)22-17(28)9-18(31-23(21)22)13-5-4-12(24)8-15(13)25/h4-5,8-10,14,16,27H,6-7,11H2,1-3H3. The Morgan fingerprint density at radius 2 is 1.90 bits per heavy atom. The van der Waals surface area contributed by atoms with Crippen molar-refractivity contribution in [2.45, 2.75) is 18.4 Å². The van der Waals surface area contributed by atoms with Gasteiger partial charge in [0, 0.05) is 40.2 Å². The predicted molar refractivity (Wildman–Crippen MR) is 122 cm³/mol. The highest BCUT2D eigenvalue weighted by Gasteiger charge is 2.37. The van der Waals surface area contributed by atoms with Gasteiger partial charge in [0.2, 0.25) is 0 Å². The molecule has 0 bridgehead atoms. The lowest BCUT2D eigenvalue weighted by atomic mass is 9.89. The molecule has 31 heavy (non-hydrogen) atoms. The van der Waals surface area contributed by atoms with Crippen molar-refractivity contribution < 1.29 is 19.0 Å². The fraction of sp³-hybridized carbons (Fsp3) is 0.348. The largest absolute Gasteiger partial charge is 0.496 e. The number of ether oxygens (including phenoxy) is 2. The Balaban J connectivity index is 2.06. The Kier molecular flexibility index (Phi) is 6.17. The van der Waals surface area contributed by atoms with E-state index in [2.05, 4.69) is 4.90 Å². The molecule has 8 heteroatoms. The van der Waals surface area contributed by atoms with Crippen molar-refractivity contribution in [1.29, 1.82) is 0 Å². The zero-order valence-corrected chi connectivity index (χ0v) is 19.0. The predicted octanol–water partition coefficient (Wildman–Crippen LogP) is 4.56. The van der Waals surface area contributed by atoms with E-state index in [1.165, 1.54) is 13.2 Å². The van der Waals surface area contributed by atoms with Gasteiger partial charge in [-0.25, -0.2) is 0 Å². The van der Waals surface area contributed by atoms with Gasteiger partial charge in [0.25, 0.3) is 0 Å². The second-order valence-corrected chi connectivity index (χ2v) is 8.47. The van der Waals surface area contributed by atoms with E-state index in [4.69, 9.17) is 37.1 Å². The van der Waals surface area contributed by atoms with Gasteiger partial charge in [-0.05, 0) is 38.2 Å². The molecule has 1 aliphatic rings. The molecule has 1 aliphatic heterocycles. The summed E-state index contributed by atoms with van der Waals surface area (Å²) in [5, 5.41) is 11.2. The number of hydrogen-bond acceptors (Lipinski definition) is 6. The first-order chi connectivity index (χ1) is 14.9. The van der Waals surface area contributed by atoms with E-state index in [0.717, 1.165) is 18.5 Å². The summed E-state index contributed by atoms with van der Waals surface area (Å²) in [6, 6.07) is 7.98. The van der Waals surface area contributed by atoms with E-state index < -0.39 is 0 Å². The molecule has 164 valence electrons. The summed E-state index contributed by atoms with van der Waals surface area (Å²) in [5.74, 6) is 1.15. The molecule has 2 unspecified atom stereocenters. The molecule has 2 aromatic carbocycles. The number of rotatable bonds is 5. The van der Waals surface area contributed by atoms with Gasteiger partial charge < -0.3 is 23.9 Å². The summed E-state index contributed by atoms with van der Waals surface area (Å²) in [4.78, 5) is 15.3. The minimum absolute atomic E-state index is 0.0230. The number of methoxy groups -OCH3 is 2. The quantitative estimate of drug-likeness (QED) is 0.597. The maximum Gasteiger partial charge on any atom is 0.197 e. The molecule has 2 atom stereocenters. The molecule has 1 saturated heterocycles. The number of likely N-dealkylation sites (tertiary alicyclic amines) is 1. The SMILES string of the molecule is COc1cc(OC)c2c(=O)cc(-c3ccc(Cl)cc3Cl)oc2c1C1CCN(C)C1CO. The number of hydrogen-bond donors (Lipinski definition) is 1. The summed E-state index contributed by atoms with van der Waals surface area (Å²) in [6.45, 7) is 0.782. The topological polar surface area (TPSA) is 72.1 Å². The van der Waals surface area contributed by atoms with Crippen LogP contribution in [0.2, 0.25) is 10.0 Å². The van der Waals surface area contributed by atoms with Crippen molar-refractivity contribution in [1.82, 2.24) is 4.90 Å². The van der Waals surface area contributed by atoms with Gasteiger partial charge in [-0.3, -0.25) is 4.79 Å². The van der Waals surface area contributed by atoms with Crippen LogP contribution in [0, 0.1) is 0 Å². The van der Waals surface area contributed by atoms with Crippen molar-refractivity contribution in [2.75, 3.05) is 34.4 Å². The van der Waals surface area contributed by atoms with Gasteiger partial charge in [-0.15, -0.1) is 0 Å². The zero-order chi connectivity index (χ0) is 22.3. The third kappa shape index (κ3) is 3.78. The Morgan fingerprint density at radius 1 is 1.16 bits per heavy atom. The normalized spacial score (nSPS) is 19.2. The molecule has 0 amide bonds. The molecular weight excluding hydrogens is 441 g/mol. The van der Waals surface area contributed by atoms with E-state index in [9.17, 15) is 9.90 Å². The summed E-state index contributed by atoms with van der Waals surface area (Å²) in [5.41, 5.74) is 1.42. The Hall–Kier alpha value is -2.25. The number of aliphatic hydroxyl groups excluding tert-OH is 1. The van der Waals surface area contributed by atoms with E-state index in [1.54, 1.807) is 31.4 Å². The fourth-order valence-electron chi connectivity index (χ4n) is 4.41. The van der Waals surface area contributed by atoms with Crippen LogP contribution in [-0.2, 0) is 0 Å². The van der Waals surface area contributed by atoms with Crippen LogP contribution in [0.4, 0.5) is 0 Å². The first-order valence-electron chi connectivity index (χ1n) is 9.88. The lowest BCUT2D eigenvalue weighted by Gasteiger charge is -2.25. The maximum absolute atomic E-state index is 13.2. The highest BCUT2D eigenvalue weighted by Crippen LogP contribution is 2.45. The monoisotopic (exact) mass is 463 g/mol. The van der Waals surface area contributed by atoms with E-state index in [0.29, 0.717) is 43.8 Å². The molecule has 0 radical (unpaired) electrons. The Bertz CT molecular complexity index is 1190. The van der Waals surface area contributed by atoms with Crippen LogP contribution < -0.4 is 14.9 Å². The van der Waals surface area contributed by atoms with E-state index >= 15 is 0 Å². The third-order valence-corrected chi connectivity index (χ3v) is 6.53. The van der Waals surface area contributed by atoms with Crippen LogP contribution in [-0.4, -0.2) is 50.5 Å². The molecule has 4 rings (SSSR count). The number of nitrogens with zero attached hydrogens (tertiary/aromatic N) is 1. The maximum atomic E-state index is 13.2. The molecule has 3 aromatic rings. The molecule has 0 aliphatic carbocycles. The van der Waals surface area contributed by atoms with Gasteiger partial charge in [-0.1, -0.05) is 23.2 Å². The average molecular weight is 464 g/mol. The fourth-order valence-corrected chi connectivity index (χ4v) is 4.91. The molecule has 0 saturated carbocycles. The van der Waals surface area contributed by atoms with Gasteiger partial charge in [0.15, 0.2) is 5.43 Å². The van der Waals surface area contributed by atoms with Crippen LogP contribution >= 0.6 is 23.2 Å². The second-order valence-electron chi connectivity index (χ2n) is 7.62. The lowest BCUT2D eigenvalue weighted by Crippen LogP contribution is -2.32. The minimum Gasteiger partial charge on any atom is -0.496 e. The molecule has 2 heterocycles. The van der Waals surface area contributed by atoms with E-state index in [1.807, 2.05) is 7.05 Å². The molecule has 1 N–H and O–H groups in total. The zero-order valence-electron chi connectivity index (χ0n) is 17.4. The first-order valence-corrected chi connectivity index (χ1v) is 10.6. The highest BCUT2D eigenvalue weighted by atomic mass is 35.5. The summed E-state index contributed by atoms with van der Waals surface area (Å²) >= 11 is 12.4. The van der Waals surface area contributed by atoms with Gasteiger partial charge in [0.05, 0.1) is 25.8 Å². The molecule has 6 nitrogen and oxygen atoms in total. The molecule has 1 fully saturated rings. The second kappa shape index (κ2) is 8.71. The molecule has 0 spiro atoms. The Morgan fingerprint density at radius 3 is 2.55 bits per heavy atom. The minimum atomic E-state index is -0.255. The number of halogens is 2. The van der Waals surface area contributed by atoms with Gasteiger partial charge >= 0.3 is 0 Å². The van der Waals surface area contributed by atoms with Crippen molar-refractivity contribution >= 4 is 34.2 Å². The molecule has 1 aromatic heterocycles. The lowest BCUT2D eigenvalue weighted by molar-refractivity contribution is 0.171. The van der Waals surface area contributed by atoms with Gasteiger partial charge in [-0.2, -0.15) is 0 Å². The highest BCUT2D eigenvalue weighted by molar-refractivity contribution is 6.36. The van der Waals surface area contributed by atoms with Crippen molar-refractivity contribution in [2.24, 2.45) is 0 Å². The summed E-state index contributed by atoms with van der Waals surface area (Å²) in [6.07, 6.45) is 0.787. The van der Waals surface area contributed by atoms with Crippen LogP contribution in [0.25, 0.3) is 22.3 Å². The van der Waals surface area contributed by atoms with Crippen LogP contribution in [0.15, 0.2) is 39.5 Å². The molecular formula is C23H23Cl2NO5. The van der Waals surface area contributed by atoms with Crippen molar-refractivity contribution in [3.63, 3.8) is 0 Å². The number of benzene rings is 2. The van der Waals surface area contributed by atoms with Gasteiger partial charge in [0.1, 0.15) is 28.2 Å². The first kappa shape index (κ1) is 22.0. The smallest absolute Gasteiger partial charge is 0.197 e. The summed E-state index contributed by atoms with van der Waals surface area (Å²) in [7, 11) is 5.03. The number of likely N-dealkylation sites (N-methyl/N-ethyl adjacent to an activating group) is 1. The number of fused-ring (bicyclic) bond motifs is 1. The number of aliphatic hydroxyl groups is 1. The summed E-state index contributed by atoms with van der Waals surface area (Å²) < 4.78 is 17.5. The average Bonchev–Trinajstić information content (AvgIpc) is 3.12. The van der Waals surface area contributed by atoms with Crippen LogP contribution in [0.3, 0.4) is 0 Å². The van der Waals surface area contributed by atoms with Crippen LogP contribution in [0.1, 0.15) is 17.9 Å².